The van der Waals surface area contributed by atoms with Crippen LogP contribution in [0.2, 0.25) is 5.02 Å². The number of aromatic nitrogens is 3. The van der Waals surface area contributed by atoms with E-state index in [2.05, 4.69) is 28.7 Å². The van der Waals surface area contributed by atoms with Gasteiger partial charge in [-0.15, -0.1) is 10.2 Å². The molecule has 6 nitrogen and oxygen atoms in total. The lowest BCUT2D eigenvalue weighted by atomic mass is 10.2. The number of anilines is 2. The molecule has 2 aromatic rings. The van der Waals surface area contributed by atoms with Crippen LogP contribution >= 0.6 is 11.6 Å². The van der Waals surface area contributed by atoms with E-state index in [4.69, 9.17) is 11.6 Å². The molecule has 0 aliphatic rings. The summed E-state index contributed by atoms with van der Waals surface area (Å²) < 4.78 is 1.54. The van der Waals surface area contributed by atoms with Crippen molar-refractivity contribution >= 4 is 35.3 Å². The fourth-order valence-electron chi connectivity index (χ4n) is 2.52. The van der Waals surface area contributed by atoms with E-state index in [1.54, 1.807) is 18.2 Å². The molecule has 28 heavy (non-hydrogen) atoms. The molecule has 2 rings (SSSR count). The van der Waals surface area contributed by atoms with Crippen molar-refractivity contribution in [3.05, 3.63) is 77.6 Å². The maximum Gasteiger partial charge on any atom is 0.294 e. The Balaban J connectivity index is 2.20. The van der Waals surface area contributed by atoms with E-state index in [-0.39, 0.29) is 5.82 Å². The zero-order valence-corrected chi connectivity index (χ0v) is 17.1. The number of amides is 1. The van der Waals surface area contributed by atoms with Gasteiger partial charge in [-0.25, -0.2) is 0 Å². The summed E-state index contributed by atoms with van der Waals surface area (Å²) in [7, 11) is 1.85. The van der Waals surface area contributed by atoms with Gasteiger partial charge in [0.1, 0.15) is 0 Å². The number of nitrogens with one attached hydrogen (secondary N) is 1. The van der Waals surface area contributed by atoms with E-state index < -0.39 is 5.91 Å². The maximum absolute atomic E-state index is 12.7. The van der Waals surface area contributed by atoms with E-state index in [9.17, 15) is 4.79 Å². The van der Waals surface area contributed by atoms with E-state index >= 15 is 0 Å². The van der Waals surface area contributed by atoms with Gasteiger partial charge in [-0.2, -0.15) is 0 Å². The zero-order valence-electron chi connectivity index (χ0n) is 16.3. The summed E-state index contributed by atoms with van der Waals surface area (Å²) in [6.45, 7) is 12.1. The first-order valence-corrected chi connectivity index (χ1v) is 9.09. The molecule has 0 saturated heterocycles. The van der Waals surface area contributed by atoms with E-state index in [1.165, 1.54) is 10.8 Å². The normalized spacial score (nSPS) is 11.1. The largest absolute Gasteiger partial charge is 0.339 e. The summed E-state index contributed by atoms with van der Waals surface area (Å²) in [6.07, 6.45) is 9.21. The molecule has 1 aromatic heterocycles. The Bertz CT molecular complexity index is 942. The molecule has 0 unspecified atom stereocenters. The molecule has 0 radical (unpaired) electrons. The van der Waals surface area contributed by atoms with Gasteiger partial charge in [0.15, 0.2) is 0 Å². The fourth-order valence-corrected chi connectivity index (χ4v) is 2.69. The van der Waals surface area contributed by atoms with Gasteiger partial charge in [-0.3, -0.25) is 9.36 Å². The molecule has 1 heterocycles. The molecule has 0 spiro atoms. The molecule has 0 fully saturated rings. The lowest BCUT2D eigenvalue weighted by Crippen LogP contribution is -2.24. The minimum Gasteiger partial charge on any atom is -0.339 e. The van der Waals surface area contributed by atoms with Crippen LogP contribution in [-0.4, -0.2) is 34.3 Å². The summed E-state index contributed by atoms with van der Waals surface area (Å²) in [5, 5.41) is 11.6. The monoisotopic (exact) mass is 397 g/mol. The molecule has 0 saturated carbocycles. The van der Waals surface area contributed by atoms with Crippen LogP contribution in [0.3, 0.4) is 0 Å². The highest BCUT2D eigenvalue weighted by Gasteiger charge is 2.20. The lowest BCUT2D eigenvalue weighted by Gasteiger charge is -2.18. The van der Waals surface area contributed by atoms with E-state index in [1.807, 2.05) is 50.1 Å². The van der Waals surface area contributed by atoms with Crippen molar-refractivity contribution in [2.75, 3.05) is 23.8 Å². The van der Waals surface area contributed by atoms with Crippen LogP contribution in [-0.2, 0) is 0 Å². The van der Waals surface area contributed by atoms with Crippen LogP contribution in [0.4, 0.5) is 11.6 Å². The molecular formula is C21H24ClN5O. The summed E-state index contributed by atoms with van der Waals surface area (Å²) in [6, 6.07) is 5.32. The number of hydrogen-bond acceptors (Lipinski definition) is 4. The first-order valence-electron chi connectivity index (χ1n) is 8.71. The average molecular weight is 398 g/mol. The quantitative estimate of drug-likeness (QED) is 0.655. The number of hydrogen-bond donors (Lipinski definition) is 1. The highest BCUT2D eigenvalue weighted by atomic mass is 35.5. The number of nitrogens with zero attached hydrogens (tertiary/aromatic N) is 4. The average Bonchev–Trinajstić information content (AvgIpc) is 3.10. The van der Waals surface area contributed by atoms with Gasteiger partial charge in [0.05, 0.1) is 0 Å². The molecule has 0 aliphatic heterocycles. The van der Waals surface area contributed by atoms with Gasteiger partial charge in [0.25, 0.3) is 5.91 Å². The van der Waals surface area contributed by atoms with Crippen molar-refractivity contribution in [1.82, 2.24) is 14.8 Å². The Hall–Kier alpha value is -3.12. The second-order valence-corrected chi connectivity index (χ2v) is 6.55. The Morgan fingerprint density at radius 2 is 2.11 bits per heavy atom. The Morgan fingerprint density at radius 1 is 1.36 bits per heavy atom. The van der Waals surface area contributed by atoms with Crippen molar-refractivity contribution < 1.29 is 4.79 Å². The van der Waals surface area contributed by atoms with Gasteiger partial charge in [-0.05, 0) is 37.1 Å². The first-order chi connectivity index (χ1) is 13.4. The standard InChI is InChI=1S/C21H24ClN5O/c1-6-8-9-11-15(3)14-26(5)21-25-24-19(27(21)7-2)20(28)23-18-13-10-12-17(22)16(18)4/h6-13H,2-3,14H2,1,4-5H3,(H,23,28)/b8-6-,11-9-. The van der Waals surface area contributed by atoms with Crippen molar-refractivity contribution in [3.63, 3.8) is 0 Å². The minimum absolute atomic E-state index is 0.131. The number of benzene rings is 1. The Morgan fingerprint density at radius 3 is 2.79 bits per heavy atom. The second-order valence-electron chi connectivity index (χ2n) is 6.14. The number of carbonyl (C=O) groups is 1. The lowest BCUT2D eigenvalue weighted by molar-refractivity contribution is 0.101. The topological polar surface area (TPSA) is 63.1 Å². The first kappa shape index (κ1) is 21.2. The molecule has 7 heteroatoms. The highest BCUT2D eigenvalue weighted by Crippen LogP contribution is 2.24. The number of halogens is 1. The third-order valence-corrected chi connectivity index (χ3v) is 4.41. The van der Waals surface area contributed by atoms with Crippen LogP contribution in [0.15, 0.2) is 61.2 Å². The van der Waals surface area contributed by atoms with Gasteiger partial charge in [-0.1, -0.05) is 55.1 Å². The predicted octanol–water partition coefficient (Wildman–Crippen LogP) is 4.72. The van der Waals surface area contributed by atoms with Crippen LogP contribution in [0.25, 0.3) is 6.20 Å². The molecule has 146 valence electrons. The third-order valence-electron chi connectivity index (χ3n) is 4.00. The highest BCUT2D eigenvalue weighted by molar-refractivity contribution is 6.31. The number of carbonyl (C=O) groups excluding carboxylic acids is 1. The van der Waals surface area contributed by atoms with Crippen molar-refractivity contribution in [1.29, 1.82) is 0 Å². The van der Waals surface area contributed by atoms with Crippen LogP contribution in [0.5, 0.6) is 0 Å². The third kappa shape index (κ3) is 4.98. The van der Waals surface area contributed by atoms with Gasteiger partial charge in [0, 0.05) is 30.5 Å². The van der Waals surface area contributed by atoms with Crippen molar-refractivity contribution in [2.24, 2.45) is 0 Å². The van der Waals surface area contributed by atoms with Crippen LogP contribution in [0, 0.1) is 6.92 Å². The van der Waals surface area contributed by atoms with Crippen molar-refractivity contribution in [2.45, 2.75) is 13.8 Å². The number of likely N-dealkylation sites (N-methyl/N-ethyl adjacent to an activating group) is 1. The number of rotatable bonds is 8. The van der Waals surface area contributed by atoms with E-state index in [0.717, 1.165) is 11.1 Å². The number of allylic oxidation sites excluding steroid dienone is 3. The Labute approximate surface area is 170 Å². The molecule has 0 atom stereocenters. The van der Waals surface area contributed by atoms with Crippen LogP contribution in [0.1, 0.15) is 23.1 Å². The smallest absolute Gasteiger partial charge is 0.294 e. The zero-order chi connectivity index (χ0) is 20.7. The van der Waals surface area contributed by atoms with Gasteiger partial charge < -0.3 is 10.2 Å². The Kier molecular flexibility index (Phi) is 7.35. The van der Waals surface area contributed by atoms with Crippen molar-refractivity contribution in [3.8, 4) is 0 Å². The molecular weight excluding hydrogens is 374 g/mol. The summed E-state index contributed by atoms with van der Waals surface area (Å²) >= 11 is 6.12. The summed E-state index contributed by atoms with van der Waals surface area (Å²) in [5.41, 5.74) is 2.29. The fraction of sp³-hybridized carbons (Fsp3) is 0.190. The van der Waals surface area contributed by atoms with Gasteiger partial charge in [0.2, 0.25) is 11.8 Å². The maximum atomic E-state index is 12.7. The van der Waals surface area contributed by atoms with E-state index in [0.29, 0.717) is 23.2 Å². The SMILES string of the molecule is C=Cn1c(C(=O)Nc2cccc(Cl)c2C)nnc1N(C)CC(=C)/C=C\C=C/C. The molecule has 1 amide bonds. The summed E-state index contributed by atoms with van der Waals surface area (Å²) in [5.74, 6) is 0.221. The minimum atomic E-state index is -0.399. The molecule has 1 N–H and O–H groups in total. The van der Waals surface area contributed by atoms with Crippen LogP contribution < -0.4 is 10.2 Å². The predicted molar refractivity (Wildman–Crippen MR) is 117 cm³/mol. The molecule has 1 aromatic carbocycles. The molecule has 0 aliphatic carbocycles. The molecule has 0 bridgehead atoms. The van der Waals surface area contributed by atoms with Gasteiger partial charge >= 0.3 is 0 Å². The second kappa shape index (κ2) is 9.71. The summed E-state index contributed by atoms with van der Waals surface area (Å²) in [4.78, 5) is 14.6.